The predicted octanol–water partition coefficient (Wildman–Crippen LogP) is 1.78. The molecule has 0 unspecified atom stereocenters. The Balaban J connectivity index is 1.86. The number of carbonyl (C=O) groups is 3. The molecule has 0 aliphatic carbocycles. The summed E-state index contributed by atoms with van der Waals surface area (Å²) in [7, 11) is 0. The third-order valence-corrected chi connectivity index (χ3v) is 4.58. The first-order valence-electron chi connectivity index (χ1n) is 9.12. The normalized spacial score (nSPS) is 15.5. The Morgan fingerprint density at radius 3 is 2.22 bits per heavy atom. The smallest absolute Gasteiger partial charge is 0.271 e. The molecule has 0 spiro atoms. The van der Waals surface area contributed by atoms with Crippen LogP contribution in [0.25, 0.3) is 0 Å². The fourth-order valence-corrected chi connectivity index (χ4v) is 2.78. The van der Waals surface area contributed by atoms with Gasteiger partial charge in [-0.15, -0.1) is 0 Å². The van der Waals surface area contributed by atoms with E-state index in [0.29, 0.717) is 37.5 Å². The third kappa shape index (κ3) is 5.91. The van der Waals surface area contributed by atoms with Crippen molar-refractivity contribution < 1.29 is 14.4 Å². The van der Waals surface area contributed by atoms with Crippen LogP contribution in [0.3, 0.4) is 0 Å². The van der Waals surface area contributed by atoms with E-state index in [-0.39, 0.29) is 23.7 Å². The molecule has 1 fully saturated rings. The summed E-state index contributed by atoms with van der Waals surface area (Å²) in [5, 5.41) is 4.04. The number of hydrogen-bond acceptors (Lipinski definition) is 4. The maximum Gasteiger partial charge on any atom is 0.271 e. The monoisotopic (exact) mass is 372 g/mol. The largest absolute Gasteiger partial charge is 0.342 e. The minimum atomic E-state index is -0.304. The van der Waals surface area contributed by atoms with Gasteiger partial charge in [0.2, 0.25) is 12.3 Å². The van der Waals surface area contributed by atoms with Gasteiger partial charge in [0.05, 0.1) is 6.42 Å². The van der Waals surface area contributed by atoms with Gasteiger partial charge in [-0.25, -0.2) is 5.43 Å². The summed E-state index contributed by atoms with van der Waals surface area (Å²) in [6.45, 7) is 10.2. The van der Waals surface area contributed by atoms with Gasteiger partial charge < -0.3 is 9.80 Å². The molecule has 0 saturated carbocycles. The Morgan fingerprint density at radius 2 is 1.70 bits per heavy atom. The van der Waals surface area contributed by atoms with E-state index in [1.54, 1.807) is 28.9 Å². The summed E-state index contributed by atoms with van der Waals surface area (Å²) in [4.78, 5) is 38.6. The lowest BCUT2D eigenvalue weighted by atomic mass is 9.87. The first-order valence-corrected chi connectivity index (χ1v) is 9.12. The number of carbonyl (C=O) groups excluding carboxylic acids is 3. The average molecular weight is 372 g/mol. The number of hydrazone groups is 1. The number of nitrogens with zero attached hydrogens (tertiary/aromatic N) is 3. The Morgan fingerprint density at radius 1 is 1.11 bits per heavy atom. The van der Waals surface area contributed by atoms with Crippen molar-refractivity contribution in [2.75, 3.05) is 26.2 Å². The second-order valence-corrected chi connectivity index (χ2v) is 7.81. The van der Waals surface area contributed by atoms with E-state index in [9.17, 15) is 14.4 Å². The highest BCUT2D eigenvalue weighted by Gasteiger charge is 2.20. The maximum absolute atomic E-state index is 12.3. The molecule has 1 heterocycles. The topological polar surface area (TPSA) is 82.1 Å². The Kier molecular flexibility index (Phi) is 6.71. The Bertz CT molecular complexity index is 712. The minimum absolute atomic E-state index is 0.0291. The molecule has 1 aromatic carbocycles. The van der Waals surface area contributed by atoms with E-state index in [1.807, 2.05) is 12.1 Å². The molecular weight excluding hydrogens is 344 g/mol. The van der Waals surface area contributed by atoms with Crippen molar-refractivity contribution >= 4 is 23.9 Å². The zero-order valence-corrected chi connectivity index (χ0v) is 16.5. The zero-order valence-electron chi connectivity index (χ0n) is 16.5. The average Bonchev–Trinajstić information content (AvgIpc) is 2.65. The van der Waals surface area contributed by atoms with Crippen LogP contribution in [0.5, 0.6) is 0 Å². The lowest BCUT2D eigenvalue weighted by molar-refractivity contribution is -0.134. The number of rotatable bonds is 5. The van der Waals surface area contributed by atoms with Crippen LogP contribution < -0.4 is 5.43 Å². The summed E-state index contributed by atoms with van der Waals surface area (Å²) in [5.74, 6) is -0.354. The SMILES string of the molecule is C/C(CC(=O)N1CCN(C=O)CC1)=N\NC(=O)c1ccc(C(C)(C)C)cc1. The van der Waals surface area contributed by atoms with Crippen LogP contribution in [0.2, 0.25) is 0 Å². The molecule has 3 amide bonds. The molecular formula is C20H28N4O3. The quantitative estimate of drug-likeness (QED) is 0.486. The van der Waals surface area contributed by atoms with Crippen molar-refractivity contribution in [2.24, 2.45) is 5.10 Å². The van der Waals surface area contributed by atoms with E-state index in [2.05, 4.69) is 31.3 Å². The Hall–Kier alpha value is -2.70. The van der Waals surface area contributed by atoms with Gasteiger partial charge in [0.15, 0.2) is 0 Å². The number of nitrogens with one attached hydrogen (secondary N) is 1. The molecule has 1 aromatic rings. The predicted molar refractivity (Wildman–Crippen MR) is 105 cm³/mol. The zero-order chi connectivity index (χ0) is 20.0. The van der Waals surface area contributed by atoms with Crippen LogP contribution in [-0.4, -0.2) is 59.9 Å². The van der Waals surface area contributed by atoms with Gasteiger partial charge in [0.1, 0.15) is 0 Å². The van der Waals surface area contributed by atoms with Crippen LogP contribution in [-0.2, 0) is 15.0 Å². The molecule has 146 valence electrons. The van der Waals surface area contributed by atoms with Gasteiger partial charge in [-0.1, -0.05) is 32.9 Å². The van der Waals surface area contributed by atoms with Crippen LogP contribution in [0.4, 0.5) is 0 Å². The van der Waals surface area contributed by atoms with Crippen molar-refractivity contribution in [3.8, 4) is 0 Å². The third-order valence-electron chi connectivity index (χ3n) is 4.58. The first kappa shape index (κ1) is 20.6. The van der Waals surface area contributed by atoms with Crippen LogP contribution in [0.1, 0.15) is 50.0 Å². The van der Waals surface area contributed by atoms with E-state index in [4.69, 9.17) is 0 Å². The molecule has 0 radical (unpaired) electrons. The first-order chi connectivity index (χ1) is 12.7. The van der Waals surface area contributed by atoms with E-state index in [1.165, 1.54) is 0 Å². The summed E-state index contributed by atoms with van der Waals surface area (Å²) >= 11 is 0. The number of amides is 3. The standard InChI is InChI=1S/C20H28N4O3/c1-15(13-18(26)24-11-9-23(14-25)10-12-24)21-22-19(27)16-5-7-17(8-6-16)20(2,3)4/h5-8,14H,9-13H2,1-4H3,(H,22,27)/b21-15+. The second kappa shape index (κ2) is 8.79. The molecule has 1 aliphatic heterocycles. The van der Waals surface area contributed by atoms with Gasteiger partial charge in [0, 0.05) is 37.5 Å². The van der Waals surface area contributed by atoms with E-state index >= 15 is 0 Å². The highest BCUT2D eigenvalue weighted by molar-refractivity contribution is 6.01. The second-order valence-electron chi connectivity index (χ2n) is 7.81. The molecule has 7 heteroatoms. The summed E-state index contributed by atoms with van der Waals surface area (Å²) in [6.07, 6.45) is 0.947. The number of benzene rings is 1. The lowest BCUT2D eigenvalue weighted by Gasteiger charge is -2.32. The van der Waals surface area contributed by atoms with Gasteiger partial charge in [0.25, 0.3) is 5.91 Å². The highest BCUT2D eigenvalue weighted by Crippen LogP contribution is 2.22. The molecule has 1 saturated heterocycles. The highest BCUT2D eigenvalue weighted by atomic mass is 16.2. The van der Waals surface area contributed by atoms with E-state index in [0.717, 1.165) is 12.0 Å². The number of hydrogen-bond donors (Lipinski definition) is 1. The van der Waals surface area contributed by atoms with Crippen molar-refractivity contribution in [3.05, 3.63) is 35.4 Å². The van der Waals surface area contributed by atoms with Crippen molar-refractivity contribution in [1.29, 1.82) is 0 Å². The molecule has 1 N–H and O–H groups in total. The van der Waals surface area contributed by atoms with E-state index < -0.39 is 0 Å². The Labute approximate surface area is 160 Å². The molecule has 0 atom stereocenters. The van der Waals surface area contributed by atoms with Gasteiger partial charge in [-0.2, -0.15) is 5.10 Å². The summed E-state index contributed by atoms with van der Waals surface area (Å²) in [5.41, 5.74) is 4.75. The minimum Gasteiger partial charge on any atom is -0.342 e. The van der Waals surface area contributed by atoms with Crippen LogP contribution >= 0.6 is 0 Å². The van der Waals surface area contributed by atoms with Crippen LogP contribution in [0, 0.1) is 0 Å². The van der Waals surface area contributed by atoms with Crippen molar-refractivity contribution in [2.45, 2.75) is 39.5 Å². The summed E-state index contributed by atoms with van der Waals surface area (Å²) < 4.78 is 0. The molecule has 1 aliphatic rings. The molecule has 27 heavy (non-hydrogen) atoms. The molecule has 7 nitrogen and oxygen atoms in total. The number of piperazine rings is 1. The van der Waals surface area contributed by atoms with Crippen molar-refractivity contribution in [1.82, 2.24) is 15.2 Å². The lowest BCUT2D eigenvalue weighted by Crippen LogP contribution is -2.48. The molecule has 0 bridgehead atoms. The summed E-state index contributed by atoms with van der Waals surface area (Å²) in [6, 6.07) is 7.43. The molecule has 2 rings (SSSR count). The van der Waals surface area contributed by atoms with Gasteiger partial charge in [-0.05, 0) is 30.0 Å². The fraction of sp³-hybridized carbons (Fsp3) is 0.500. The van der Waals surface area contributed by atoms with Crippen molar-refractivity contribution in [3.63, 3.8) is 0 Å². The fourth-order valence-electron chi connectivity index (χ4n) is 2.78. The van der Waals surface area contributed by atoms with Gasteiger partial charge in [-0.3, -0.25) is 14.4 Å². The van der Waals surface area contributed by atoms with Crippen LogP contribution in [0.15, 0.2) is 29.4 Å². The van der Waals surface area contributed by atoms with Gasteiger partial charge >= 0.3 is 0 Å². The molecule has 0 aromatic heterocycles. The maximum atomic E-state index is 12.3.